The second kappa shape index (κ2) is 6.69. The van der Waals surface area contributed by atoms with Crippen LogP contribution in [0, 0.1) is 5.41 Å². The van der Waals surface area contributed by atoms with E-state index in [2.05, 4.69) is 48.3 Å². The molecule has 1 aromatic heterocycles. The molecule has 1 saturated heterocycles. The summed E-state index contributed by atoms with van der Waals surface area (Å²) >= 11 is 0. The minimum absolute atomic E-state index is 0.0312. The fraction of sp³-hybridized carbons (Fsp3) is 0.750. The highest BCUT2D eigenvalue weighted by molar-refractivity contribution is 5.79. The van der Waals surface area contributed by atoms with Gasteiger partial charge in [0, 0.05) is 23.9 Å². The van der Waals surface area contributed by atoms with Gasteiger partial charge in [0.15, 0.2) is 5.96 Å². The SMILES string of the molecule is CCNC(=NCc1ncc(C(C)(C)C)o1)NCC1(C)COC1. The molecular weight excluding hydrogens is 280 g/mol. The summed E-state index contributed by atoms with van der Waals surface area (Å²) in [6.07, 6.45) is 1.79. The predicted molar refractivity (Wildman–Crippen MR) is 86.9 cm³/mol. The van der Waals surface area contributed by atoms with Gasteiger partial charge in [0.05, 0.1) is 19.4 Å². The molecule has 1 aliphatic heterocycles. The maximum Gasteiger partial charge on any atom is 0.216 e. The van der Waals surface area contributed by atoms with Crippen LogP contribution in [0.2, 0.25) is 0 Å². The van der Waals surface area contributed by atoms with Crippen LogP contribution in [0.15, 0.2) is 15.6 Å². The molecule has 0 radical (unpaired) electrons. The Kier molecular flexibility index (Phi) is 5.11. The van der Waals surface area contributed by atoms with Gasteiger partial charge in [-0.15, -0.1) is 0 Å². The summed E-state index contributed by atoms with van der Waals surface area (Å²) in [5.74, 6) is 2.31. The van der Waals surface area contributed by atoms with Crippen LogP contribution >= 0.6 is 0 Å². The van der Waals surface area contributed by atoms with Crippen molar-refractivity contribution in [2.45, 2.75) is 46.6 Å². The lowest BCUT2D eigenvalue weighted by atomic mass is 9.89. The zero-order chi connectivity index (χ0) is 16.2. The average molecular weight is 308 g/mol. The summed E-state index contributed by atoms with van der Waals surface area (Å²) in [6, 6.07) is 0. The van der Waals surface area contributed by atoms with Crippen molar-refractivity contribution in [2.24, 2.45) is 10.4 Å². The van der Waals surface area contributed by atoms with Gasteiger partial charge in [-0.3, -0.25) is 0 Å². The maximum absolute atomic E-state index is 5.76. The molecule has 6 nitrogen and oxygen atoms in total. The van der Waals surface area contributed by atoms with E-state index in [1.165, 1.54) is 0 Å². The Hall–Kier alpha value is -1.56. The van der Waals surface area contributed by atoms with Gasteiger partial charge >= 0.3 is 0 Å². The number of nitrogens with one attached hydrogen (secondary N) is 2. The summed E-state index contributed by atoms with van der Waals surface area (Å²) in [4.78, 5) is 8.84. The minimum Gasteiger partial charge on any atom is -0.443 e. The Morgan fingerprint density at radius 3 is 2.59 bits per heavy atom. The summed E-state index contributed by atoms with van der Waals surface area (Å²) in [6.45, 7) is 14.3. The van der Waals surface area contributed by atoms with Crippen molar-refractivity contribution < 1.29 is 9.15 Å². The number of hydrogen-bond acceptors (Lipinski definition) is 4. The molecule has 6 heteroatoms. The standard InChI is InChI=1S/C16H28N4O2/c1-6-17-14(20-9-16(5)10-21-11-16)19-8-13-18-7-12(22-13)15(2,3)4/h7H,6,8-11H2,1-5H3,(H2,17,19,20). The minimum atomic E-state index is -0.0312. The fourth-order valence-corrected chi connectivity index (χ4v) is 2.07. The molecule has 2 heterocycles. The first-order valence-electron chi connectivity index (χ1n) is 7.87. The van der Waals surface area contributed by atoms with Crippen molar-refractivity contribution in [1.29, 1.82) is 0 Å². The number of aromatic nitrogens is 1. The van der Waals surface area contributed by atoms with Crippen molar-refractivity contribution in [1.82, 2.24) is 15.6 Å². The summed E-state index contributed by atoms with van der Waals surface area (Å²) < 4.78 is 11.0. The predicted octanol–water partition coefficient (Wildman–Crippen LogP) is 2.06. The first-order chi connectivity index (χ1) is 10.3. The van der Waals surface area contributed by atoms with Crippen molar-refractivity contribution in [2.75, 3.05) is 26.3 Å². The summed E-state index contributed by atoms with van der Waals surface area (Å²) in [7, 11) is 0. The van der Waals surface area contributed by atoms with Crippen LogP contribution in [0.5, 0.6) is 0 Å². The molecule has 1 aliphatic rings. The van der Waals surface area contributed by atoms with Crippen LogP contribution in [0.25, 0.3) is 0 Å². The molecule has 0 atom stereocenters. The third-order valence-electron chi connectivity index (χ3n) is 3.59. The van der Waals surface area contributed by atoms with Crippen molar-refractivity contribution in [3.8, 4) is 0 Å². The first-order valence-corrected chi connectivity index (χ1v) is 7.87. The van der Waals surface area contributed by atoms with E-state index in [1.807, 2.05) is 6.92 Å². The largest absolute Gasteiger partial charge is 0.443 e. The molecule has 1 fully saturated rings. The zero-order valence-corrected chi connectivity index (χ0v) is 14.3. The number of oxazole rings is 1. The van der Waals surface area contributed by atoms with E-state index in [1.54, 1.807) is 6.20 Å². The van der Waals surface area contributed by atoms with E-state index in [0.29, 0.717) is 12.4 Å². The van der Waals surface area contributed by atoms with Crippen LogP contribution in [-0.4, -0.2) is 37.2 Å². The van der Waals surface area contributed by atoms with Gasteiger partial charge in [-0.2, -0.15) is 0 Å². The number of rotatable bonds is 5. The van der Waals surface area contributed by atoms with Crippen LogP contribution in [0.3, 0.4) is 0 Å². The normalized spacial score (nSPS) is 18.0. The second-order valence-electron chi connectivity index (χ2n) is 7.22. The third-order valence-corrected chi connectivity index (χ3v) is 3.59. The Morgan fingerprint density at radius 1 is 1.36 bits per heavy atom. The molecule has 0 bridgehead atoms. The van der Waals surface area contributed by atoms with Crippen molar-refractivity contribution in [3.63, 3.8) is 0 Å². The molecule has 22 heavy (non-hydrogen) atoms. The number of hydrogen-bond donors (Lipinski definition) is 2. The van der Waals surface area contributed by atoms with Gasteiger partial charge < -0.3 is 19.8 Å². The molecule has 0 aliphatic carbocycles. The molecule has 0 unspecified atom stereocenters. The van der Waals surface area contributed by atoms with E-state index >= 15 is 0 Å². The highest BCUT2D eigenvalue weighted by Crippen LogP contribution is 2.25. The Bertz CT molecular complexity index is 512. The fourth-order valence-electron chi connectivity index (χ4n) is 2.07. The van der Waals surface area contributed by atoms with E-state index in [0.717, 1.165) is 38.0 Å². The van der Waals surface area contributed by atoms with Crippen LogP contribution in [0.4, 0.5) is 0 Å². The molecule has 124 valence electrons. The lowest BCUT2D eigenvalue weighted by Gasteiger charge is -2.38. The molecule has 0 spiro atoms. The van der Waals surface area contributed by atoms with Gasteiger partial charge in [0.2, 0.25) is 5.89 Å². The zero-order valence-electron chi connectivity index (χ0n) is 14.3. The number of ether oxygens (including phenoxy) is 1. The van der Waals surface area contributed by atoms with E-state index < -0.39 is 0 Å². The smallest absolute Gasteiger partial charge is 0.216 e. The summed E-state index contributed by atoms with van der Waals surface area (Å²) in [5.41, 5.74) is 0.176. The molecule has 1 aromatic rings. The Balaban J connectivity index is 1.93. The molecule has 0 saturated carbocycles. The number of aliphatic imine (C=N–C) groups is 1. The molecule has 0 aromatic carbocycles. The van der Waals surface area contributed by atoms with Gasteiger partial charge in [-0.1, -0.05) is 27.7 Å². The first kappa shape index (κ1) is 16.8. The number of nitrogens with zero attached hydrogens (tertiary/aromatic N) is 2. The quantitative estimate of drug-likeness (QED) is 0.643. The van der Waals surface area contributed by atoms with E-state index in [9.17, 15) is 0 Å². The van der Waals surface area contributed by atoms with Gasteiger partial charge in [0.25, 0.3) is 0 Å². The number of guanidine groups is 1. The molecule has 2 N–H and O–H groups in total. The third kappa shape index (κ3) is 4.47. The average Bonchev–Trinajstić information content (AvgIpc) is 2.88. The van der Waals surface area contributed by atoms with E-state index in [-0.39, 0.29) is 10.8 Å². The van der Waals surface area contributed by atoms with Gasteiger partial charge in [-0.25, -0.2) is 9.98 Å². The molecule has 0 amide bonds. The lowest BCUT2D eigenvalue weighted by molar-refractivity contribution is -0.0971. The van der Waals surface area contributed by atoms with Crippen LogP contribution in [0.1, 0.15) is 46.3 Å². The Morgan fingerprint density at radius 2 is 2.09 bits per heavy atom. The van der Waals surface area contributed by atoms with Crippen LogP contribution in [-0.2, 0) is 16.7 Å². The van der Waals surface area contributed by atoms with Gasteiger partial charge in [0.1, 0.15) is 12.3 Å². The summed E-state index contributed by atoms with van der Waals surface area (Å²) in [5, 5.41) is 6.60. The van der Waals surface area contributed by atoms with Crippen molar-refractivity contribution in [3.05, 3.63) is 17.8 Å². The monoisotopic (exact) mass is 308 g/mol. The van der Waals surface area contributed by atoms with E-state index in [4.69, 9.17) is 9.15 Å². The highest BCUT2D eigenvalue weighted by atomic mass is 16.5. The highest BCUT2D eigenvalue weighted by Gasteiger charge is 2.33. The Labute approximate surface area is 132 Å². The molecule has 2 rings (SSSR count). The van der Waals surface area contributed by atoms with Crippen LogP contribution < -0.4 is 10.6 Å². The van der Waals surface area contributed by atoms with Crippen molar-refractivity contribution >= 4 is 5.96 Å². The molecular formula is C16H28N4O2. The lowest BCUT2D eigenvalue weighted by Crippen LogP contribution is -2.51. The maximum atomic E-state index is 5.76. The van der Waals surface area contributed by atoms with Gasteiger partial charge in [-0.05, 0) is 6.92 Å². The topological polar surface area (TPSA) is 71.7 Å². The second-order valence-corrected chi connectivity index (χ2v) is 7.22.